The number of nitrogens with zero attached hydrogens (tertiary/aromatic N) is 5. The van der Waals surface area contributed by atoms with Crippen LogP contribution in [-0.2, 0) is 26.8 Å². The average molecular weight is 630 g/mol. The molecule has 44 heavy (non-hydrogen) atoms. The van der Waals surface area contributed by atoms with Crippen molar-refractivity contribution in [3.63, 3.8) is 0 Å². The summed E-state index contributed by atoms with van der Waals surface area (Å²) in [5, 5.41) is 18.9. The summed E-state index contributed by atoms with van der Waals surface area (Å²) in [5.74, 6) is 0. The number of azo groups is 2. The lowest BCUT2D eigenvalue weighted by atomic mass is 10.1. The zero-order valence-corrected chi connectivity index (χ0v) is 25.0. The Morgan fingerprint density at radius 1 is 0.591 bits per heavy atom. The molecule has 11 nitrogen and oxygen atoms in total. The van der Waals surface area contributed by atoms with Gasteiger partial charge >= 0.3 is 0 Å². The highest BCUT2D eigenvalue weighted by atomic mass is 32.2. The van der Waals surface area contributed by atoms with E-state index >= 15 is 0 Å². The third-order valence-electron chi connectivity index (χ3n) is 6.73. The van der Waals surface area contributed by atoms with Gasteiger partial charge in [0.25, 0.3) is 20.2 Å². The van der Waals surface area contributed by atoms with Crippen LogP contribution < -0.4 is 4.90 Å². The summed E-state index contributed by atoms with van der Waals surface area (Å²) in [5.41, 5.74) is 3.94. The molecule has 5 rings (SSSR count). The van der Waals surface area contributed by atoms with E-state index in [1.807, 2.05) is 55.5 Å². The van der Waals surface area contributed by atoms with Crippen molar-refractivity contribution in [1.82, 2.24) is 0 Å². The standard InChI is InChI=1S/C31H27N5O6S2/c1-2-36(21-22-10-16-26(17-11-22)43(37,38)39)25-14-12-23(13-15-25)32-34-30-18-19-31(29-9-4-3-8-28(29)30)35-33-24-6-5-7-27(20-24)44(40,41)42/h3-20H,2,21H2,1H3,(H,37,38,39)(H,40,41,42). The predicted molar refractivity (Wildman–Crippen MR) is 168 cm³/mol. The van der Waals surface area contributed by atoms with E-state index in [4.69, 9.17) is 0 Å². The van der Waals surface area contributed by atoms with Gasteiger partial charge in [-0.15, -0.1) is 10.2 Å². The van der Waals surface area contributed by atoms with E-state index < -0.39 is 20.2 Å². The lowest BCUT2D eigenvalue weighted by Crippen LogP contribution is -2.21. The van der Waals surface area contributed by atoms with E-state index in [-0.39, 0.29) is 15.5 Å². The van der Waals surface area contributed by atoms with Crippen molar-refractivity contribution in [2.45, 2.75) is 23.3 Å². The van der Waals surface area contributed by atoms with Crippen molar-refractivity contribution < 1.29 is 25.9 Å². The van der Waals surface area contributed by atoms with Crippen LogP contribution >= 0.6 is 0 Å². The zero-order valence-electron chi connectivity index (χ0n) is 23.4. The van der Waals surface area contributed by atoms with Gasteiger partial charge in [-0.3, -0.25) is 9.11 Å². The summed E-state index contributed by atoms with van der Waals surface area (Å²) >= 11 is 0. The molecule has 0 unspecified atom stereocenters. The van der Waals surface area contributed by atoms with Crippen LogP contribution in [0.15, 0.2) is 139 Å². The van der Waals surface area contributed by atoms with E-state index in [1.54, 1.807) is 30.3 Å². The highest BCUT2D eigenvalue weighted by molar-refractivity contribution is 7.86. The Bertz CT molecular complexity index is 2080. The number of hydrogen-bond donors (Lipinski definition) is 2. The van der Waals surface area contributed by atoms with Crippen LogP contribution in [0.4, 0.5) is 28.4 Å². The van der Waals surface area contributed by atoms with Crippen LogP contribution in [0.2, 0.25) is 0 Å². The molecule has 0 aliphatic heterocycles. The number of benzene rings is 5. The first-order valence-electron chi connectivity index (χ1n) is 13.4. The average Bonchev–Trinajstić information content (AvgIpc) is 3.01. The van der Waals surface area contributed by atoms with Crippen molar-refractivity contribution in [3.05, 3.63) is 115 Å². The fraction of sp³-hybridized carbons (Fsp3) is 0.0968. The molecule has 13 heteroatoms. The first-order valence-corrected chi connectivity index (χ1v) is 16.2. The molecule has 0 spiro atoms. The van der Waals surface area contributed by atoms with Gasteiger partial charge in [-0.2, -0.15) is 27.1 Å². The maximum Gasteiger partial charge on any atom is 0.294 e. The van der Waals surface area contributed by atoms with E-state index in [2.05, 4.69) is 25.4 Å². The first-order chi connectivity index (χ1) is 21.0. The van der Waals surface area contributed by atoms with Crippen LogP contribution in [0.1, 0.15) is 12.5 Å². The molecule has 5 aromatic carbocycles. The molecule has 0 amide bonds. The van der Waals surface area contributed by atoms with E-state index in [0.29, 0.717) is 30.2 Å². The molecule has 2 N–H and O–H groups in total. The topological polar surface area (TPSA) is 161 Å². The Hall–Kier alpha value is -4.82. The van der Waals surface area contributed by atoms with Gasteiger partial charge in [0, 0.05) is 29.5 Å². The maximum atomic E-state index is 11.4. The molecule has 0 saturated heterocycles. The molecule has 224 valence electrons. The second-order valence-corrected chi connectivity index (χ2v) is 12.5. The number of hydrogen-bond acceptors (Lipinski definition) is 9. The molecule has 0 radical (unpaired) electrons. The molecule has 0 saturated carbocycles. The van der Waals surface area contributed by atoms with Crippen molar-refractivity contribution in [3.8, 4) is 0 Å². The van der Waals surface area contributed by atoms with Gasteiger partial charge in [0.2, 0.25) is 0 Å². The third-order valence-corrected chi connectivity index (χ3v) is 8.45. The molecule has 0 atom stereocenters. The summed E-state index contributed by atoms with van der Waals surface area (Å²) in [7, 11) is -8.59. The van der Waals surface area contributed by atoms with Crippen molar-refractivity contribution in [1.29, 1.82) is 0 Å². The SMILES string of the molecule is CCN(Cc1ccc(S(=O)(=O)O)cc1)c1ccc(N=Nc2ccc(N=Nc3cccc(S(=O)(=O)O)c3)c3ccccc23)cc1. The smallest absolute Gasteiger partial charge is 0.294 e. The Morgan fingerprint density at radius 3 is 1.70 bits per heavy atom. The molecule has 0 aliphatic carbocycles. The Labute approximate surface area is 254 Å². The zero-order chi connectivity index (χ0) is 31.3. The predicted octanol–water partition coefficient (Wildman–Crippen LogP) is 8.19. The number of rotatable bonds is 10. The quantitative estimate of drug-likeness (QED) is 0.116. The van der Waals surface area contributed by atoms with Gasteiger partial charge in [-0.1, -0.05) is 42.5 Å². The summed E-state index contributed by atoms with van der Waals surface area (Å²) in [6, 6.07) is 30.3. The van der Waals surface area contributed by atoms with Crippen molar-refractivity contribution in [2.75, 3.05) is 11.4 Å². The van der Waals surface area contributed by atoms with E-state index in [9.17, 15) is 25.9 Å². The van der Waals surface area contributed by atoms with Crippen LogP contribution in [0.5, 0.6) is 0 Å². The van der Waals surface area contributed by atoms with Crippen molar-refractivity contribution >= 4 is 59.4 Å². The molecule has 0 aliphatic rings. The Morgan fingerprint density at radius 2 is 1.16 bits per heavy atom. The van der Waals surface area contributed by atoms with Gasteiger partial charge in [-0.05, 0) is 79.2 Å². The van der Waals surface area contributed by atoms with Gasteiger partial charge in [0.05, 0.1) is 32.5 Å². The molecule has 0 heterocycles. The monoisotopic (exact) mass is 629 g/mol. The maximum absolute atomic E-state index is 11.4. The van der Waals surface area contributed by atoms with Gasteiger partial charge < -0.3 is 4.90 Å². The summed E-state index contributed by atoms with van der Waals surface area (Å²) in [6.07, 6.45) is 0. The van der Waals surface area contributed by atoms with Crippen molar-refractivity contribution in [2.24, 2.45) is 20.5 Å². The van der Waals surface area contributed by atoms with Crippen LogP contribution in [-0.4, -0.2) is 32.5 Å². The largest absolute Gasteiger partial charge is 0.367 e. The molecule has 0 fully saturated rings. The summed E-state index contributed by atoms with van der Waals surface area (Å²) in [6.45, 7) is 3.28. The second-order valence-electron chi connectivity index (χ2n) is 9.67. The Kier molecular flexibility index (Phi) is 8.92. The lowest BCUT2D eigenvalue weighted by molar-refractivity contribution is 0.481. The minimum atomic E-state index is -4.36. The lowest BCUT2D eigenvalue weighted by Gasteiger charge is -2.23. The molecule has 0 aromatic heterocycles. The van der Waals surface area contributed by atoms with Crippen LogP contribution in [0, 0.1) is 0 Å². The second kappa shape index (κ2) is 12.8. The molecule has 0 bridgehead atoms. The minimum absolute atomic E-state index is 0.144. The van der Waals surface area contributed by atoms with Crippen LogP contribution in [0.3, 0.4) is 0 Å². The fourth-order valence-electron chi connectivity index (χ4n) is 4.47. The number of anilines is 1. The number of fused-ring (bicyclic) bond motifs is 1. The summed E-state index contributed by atoms with van der Waals surface area (Å²) in [4.78, 5) is 1.70. The first kappa shape index (κ1) is 30.6. The normalized spacial score (nSPS) is 12.3. The van der Waals surface area contributed by atoms with Crippen LogP contribution in [0.25, 0.3) is 10.8 Å². The highest BCUT2D eigenvalue weighted by Crippen LogP contribution is 2.35. The third kappa shape index (κ3) is 7.38. The molecular formula is C31H27N5O6S2. The minimum Gasteiger partial charge on any atom is -0.367 e. The van der Waals surface area contributed by atoms with E-state index in [0.717, 1.165) is 22.0 Å². The summed E-state index contributed by atoms with van der Waals surface area (Å²) < 4.78 is 64.0. The van der Waals surface area contributed by atoms with Gasteiger partial charge in [0.15, 0.2) is 0 Å². The Balaban J connectivity index is 1.33. The highest BCUT2D eigenvalue weighted by Gasteiger charge is 2.12. The molecular weight excluding hydrogens is 603 g/mol. The molecule has 5 aromatic rings. The van der Waals surface area contributed by atoms with Gasteiger partial charge in [-0.25, -0.2) is 0 Å². The fourth-order valence-corrected chi connectivity index (χ4v) is 5.47. The van der Waals surface area contributed by atoms with E-state index in [1.165, 1.54) is 30.3 Å². The van der Waals surface area contributed by atoms with Gasteiger partial charge in [0.1, 0.15) is 0 Å².